The van der Waals surface area contributed by atoms with Gasteiger partial charge < -0.3 is 0 Å². The van der Waals surface area contributed by atoms with Crippen molar-refractivity contribution in [3.63, 3.8) is 0 Å². The predicted octanol–water partition coefficient (Wildman–Crippen LogP) is 0.211. The Morgan fingerprint density at radius 3 is 2.33 bits per heavy atom. The number of hydrogen-bond acceptors (Lipinski definition) is 4. The third-order valence-electron chi connectivity index (χ3n) is 1.89. The van der Waals surface area contributed by atoms with Crippen molar-refractivity contribution < 1.29 is 13.2 Å². The maximum atomic E-state index is 11.8. The van der Waals surface area contributed by atoms with E-state index in [1.807, 2.05) is 0 Å². The number of hydrogen-bond donors (Lipinski definition) is 2. The van der Waals surface area contributed by atoms with Gasteiger partial charge in [-0.15, -0.1) is 0 Å². The third-order valence-corrected chi connectivity index (χ3v) is 3.56. The molecule has 100 valence electrons. The molecular formula is C10H14ClN3O3S. The largest absolute Gasteiger partial charge is 0.288 e. The summed E-state index contributed by atoms with van der Waals surface area (Å²) in [6, 6.07) is 5.68. The Balaban J connectivity index is 2.66. The molecule has 1 aromatic rings. The van der Waals surface area contributed by atoms with Gasteiger partial charge in [0.05, 0.1) is 11.4 Å². The second kappa shape index (κ2) is 6.14. The molecule has 0 aliphatic carbocycles. The Morgan fingerprint density at radius 1 is 1.28 bits per heavy atom. The Hall–Kier alpha value is -1.15. The van der Waals surface area contributed by atoms with E-state index >= 15 is 0 Å². The lowest BCUT2D eigenvalue weighted by Crippen LogP contribution is -2.42. The average molecular weight is 292 g/mol. The van der Waals surface area contributed by atoms with Crippen LogP contribution >= 0.6 is 11.6 Å². The Bertz CT molecular complexity index is 514. The van der Waals surface area contributed by atoms with E-state index in [-0.39, 0.29) is 11.4 Å². The highest BCUT2D eigenvalue weighted by atomic mass is 35.5. The molecule has 0 radical (unpaired) electrons. The normalized spacial score (nSPS) is 11.6. The Labute approximate surface area is 111 Å². The van der Waals surface area contributed by atoms with Crippen molar-refractivity contribution in [3.8, 4) is 0 Å². The number of benzene rings is 1. The minimum atomic E-state index is -3.70. The molecule has 0 aliphatic rings. The summed E-state index contributed by atoms with van der Waals surface area (Å²) in [6.45, 7) is -0.330. The van der Waals surface area contributed by atoms with E-state index in [1.54, 1.807) is 14.1 Å². The molecule has 0 saturated carbocycles. The van der Waals surface area contributed by atoms with E-state index in [4.69, 9.17) is 11.6 Å². The number of rotatable bonds is 5. The van der Waals surface area contributed by atoms with Gasteiger partial charge in [0.15, 0.2) is 0 Å². The average Bonchev–Trinajstić information content (AvgIpc) is 2.26. The van der Waals surface area contributed by atoms with Gasteiger partial charge in [-0.3, -0.25) is 10.2 Å². The van der Waals surface area contributed by atoms with Crippen LogP contribution in [0, 0.1) is 0 Å². The van der Waals surface area contributed by atoms with Crippen molar-refractivity contribution in [2.45, 2.75) is 4.90 Å². The van der Waals surface area contributed by atoms with E-state index in [1.165, 1.54) is 29.3 Å². The molecule has 0 bridgehead atoms. The highest BCUT2D eigenvalue weighted by Gasteiger charge is 2.15. The summed E-state index contributed by atoms with van der Waals surface area (Å²) in [5.41, 5.74) is 2.42. The van der Waals surface area contributed by atoms with Crippen molar-refractivity contribution in [1.82, 2.24) is 15.2 Å². The monoisotopic (exact) mass is 291 g/mol. The van der Waals surface area contributed by atoms with Crippen LogP contribution in [0.4, 0.5) is 0 Å². The first-order valence-corrected chi connectivity index (χ1v) is 6.89. The number of carbonyl (C=O) groups is 1. The van der Waals surface area contributed by atoms with Crippen molar-refractivity contribution >= 4 is 27.5 Å². The fraction of sp³-hybridized carbons (Fsp3) is 0.300. The summed E-state index contributed by atoms with van der Waals surface area (Å²) in [5.74, 6) is -0.447. The van der Waals surface area contributed by atoms with Gasteiger partial charge in [0.2, 0.25) is 15.9 Å². The van der Waals surface area contributed by atoms with Crippen LogP contribution in [-0.2, 0) is 14.8 Å². The lowest BCUT2D eigenvalue weighted by Gasteiger charge is -2.12. The minimum Gasteiger partial charge on any atom is -0.288 e. The number of amides is 1. The Kier molecular flexibility index (Phi) is 5.09. The molecule has 6 nitrogen and oxygen atoms in total. The molecule has 0 heterocycles. The second-order valence-corrected chi connectivity index (χ2v) is 5.91. The maximum Gasteiger partial charge on any atom is 0.249 e. The highest BCUT2D eigenvalue weighted by molar-refractivity contribution is 7.89. The molecule has 1 amide bonds. The molecule has 1 aromatic carbocycles. The highest BCUT2D eigenvalue weighted by Crippen LogP contribution is 2.13. The molecule has 8 heteroatoms. The summed E-state index contributed by atoms with van der Waals surface area (Å²) >= 11 is 5.66. The summed E-state index contributed by atoms with van der Waals surface area (Å²) in [6.07, 6.45) is 0. The van der Waals surface area contributed by atoms with Crippen molar-refractivity contribution in [2.75, 3.05) is 20.6 Å². The van der Waals surface area contributed by atoms with Gasteiger partial charge >= 0.3 is 0 Å². The van der Waals surface area contributed by atoms with Gasteiger partial charge in [-0.1, -0.05) is 11.6 Å². The van der Waals surface area contributed by atoms with Gasteiger partial charge in [0.25, 0.3) is 0 Å². The number of sulfonamides is 1. The zero-order chi connectivity index (χ0) is 13.8. The van der Waals surface area contributed by atoms with Crippen molar-refractivity contribution in [3.05, 3.63) is 29.3 Å². The first-order chi connectivity index (χ1) is 8.31. The number of carbonyl (C=O) groups excluding carboxylic acids is 1. The SMILES string of the molecule is CN(C)NC(=O)CNS(=O)(=O)c1ccc(Cl)cc1. The van der Waals surface area contributed by atoms with Crippen LogP contribution in [-0.4, -0.2) is 40.0 Å². The van der Waals surface area contributed by atoms with E-state index in [2.05, 4.69) is 10.1 Å². The van der Waals surface area contributed by atoms with Crippen LogP contribution in [0.5, 0.6) is 0 Å². The van der Waals surface area contributed by atoms with Gasteiger partial charge in [-0.2, -0.15) is 0 Å². The van der Waals surface area contributed by atoms with E-state index in [0.717, 1.165) is 0 Å². The van der Waals surface area contributed by atoms with Crippen molar-refractivity contribution in [1.29, 1.82) is 0 Å². The molecule has 0 saturated heterocycles. The van der Waals surface area contributed by atoms with Crippen LogP contribution < -0.4 is 10.1 Å². The van der Waals surface area contributed by atoms with Crippen molar-refractivity contribution in [2.24, 2.45) is 0 Å². The zero-order valence-electron chi connectivity index (χ0n) is 9.97. The molecule has 0 spiro atoms. The molecule has 18 heavy (non-hydrogen) atoms. The second-order valence-electron chi connectivity index (χ2n) is 3.71. The zero-order valence-corrected chi connectivity index (χ0v) is 11.5. The summed E-state index contributed by atoms with van der Waals surface area (Å²) in [4.78, 5) is 11.3. The number of hydrazine groups is 1. The van der Waals surface area contributed by atoms with Crippen LogP contribution in [0.1, 0.15) is 0 Å². The fourth-order valence-corrected chi connectivity index (χ4v) is 2.25. The third kappa shape index (κ3) is 4.61. The molecule has 0 unspecified atom stereocenters. The van der Waals surface area contributed by atoms with Crippen LogP contribution in [0.2, 0.25) is 5.02 Å². The molecule has 0 atom stereocenters. The lowest BCUT2D eigenvalue weighted by atomic mass is 10.4. The summed E-state index contributed by atoms with van der Waals surface area (Å²) in [5, 5.41) is 1.87. The quantitative estimate of drug-likeness (QED) is 0.760. The van der Waals surface area contributed by atoms with E-state index in [9.17, 15) is 13.2 Å². The molecule has 2 N–H and O–H groups in total. The number of nitrogens with zero attached hydrogens (tertiary/aromatic N) is 1. The van der Waals surface area contributed by atoms with E-state index < -0.39 is 15.9 Å². The fourth-order valence-electron chi connectivity index (χ4n) is 1.15. The molecule has 0 fully saturated rings. The van der Waals surface area contributed by atoms with Crippen LogP contribution in [0.3, 0.4) is 0 Å². The molecule has 0 aromatic heterocycles. The Morgan fingerprint density at radius 2 is 1.83 bits per heavy atom. The minimum absolute atomic E-state index is 0.0598. The van der Waals surface area contributed by atoms with E-state index in [0.29, 0.717) is 5.02 Å². The van der Waals surface area contributed by atoms with Crippen LogP contribution in [0.15, 0.2) is 29.2 Å². The summed E-state index contributed by atoms with van der Waals surface area (Å²) < 4.78 is 25.8. The van der Waals surface area contributed by atoms with Gasteiger partial charge in [-0.05, 0) is 24.3 Å². The topological polar surface area (TPSA) is 78.5 Å². The lowest BCUT2D eigenvalue weighted by molar-refractivity contribution is -0.123. The van der Waals surface area contributed by atoms with Crippen LogP contribution in [0.25, 0.3) is 0 Å². The van der Waals surface area contributed by atoms with Gasteiger partial charge in [-0.25, -0.2) is 18.1 Å². The molecule has 0 aliphatic heterocycles. The first kappa shape index (κ1) is 14.9. The predicted molar refractivity (Wildman–Crippen MR) is 68.5 cm³/mol. The maximum absolute atomic E-state index is 11.8. The standard InChI is InChI=1S/C10H14ClN3O3S/c1-14(2)13-10(15)7-12-18(16,17)9-5-3-8(11)4-6-9/h3-6,12H,7H2,1-2H3,(H,13,15). The smallest absolute Gasteiger partial charge is 0.249 e. The van der Waals surface area contributed by atoms with Gasteiger partial charge in [0.1, 0.15) is 0 Å². The summed E-state index contributed by atoms with van der Waals surface area (Å²) in [7, 11) is -0.435. The number of nitrogens with one attached hydrogen (secondary N) is 2. The van der Waals surface area contributed by atoms with Gasteiger partial charge in [0, 0.05) is 19.1 Å². The molecule has 1 rings (SSSR count). The number of halogens is 1. The first-order valence-electron chi connectivity index (χ1n) is 5.03. The molecular weight excluding hydrogens is 278 g/mol.